The van der Waals surface area contributed by atoms with Crippen LogP contribution >= 0.6 is 11.8 Å². The molecule has 0 amide bonds. The van der Waals surface area contributed by atoms with E-state index < -0.39 is 0 Å². The second-order valence-electron chi connectivity index (χ2n) is 5.39. The number of rotatable bonds is 6. The molecule has 0 bridgehead atoms. The normalized spacial score (nSPS) is 12.5. The van der Waals surface area contributed by atoms with Crippen LogP contribution in [0.2, 0.25) is 0 Å². The molecule has 0 saturated heterocycles. The van der Waals surface area contributed by atoms with Crippen molar-refractivity contribution in [3.8, 4) is 5.69 Å². The third-order valence-electron chi connectivity index (χ3n) is 3.54. The first kappa shape index (κ1) is 16.7. The van der Waals surface area contributed by atoms with Crippen LogP contribution in [0.4, 0.5) is 0 Å². The van der Waals surface area contributed by atoms with Crippen LogP contribution in [0.25, 0.3) is 5.69 Å². The summed E-state index contributed by atoms with van der Waals surface area (Å²) in [5.41, 5.74) is 2.23. The van der Waals surface area contributed by atoms with Crippen molar-refractivity contribution in [2.75, 3.05) is 7.11 Å². The highest BCUT2D eigenvalue weighted by Gasteiger charge is 2.21. The molecule has 0 aliphatic rings. The van der Waals surface area contributed by atoms with Gasteiger partial charge in [0.1, 0.15) is 12.4 Å². The molecule has 3 aromatic rings. The van der Waals surface area contributed by atoms with Gasteiger partial charge in [0.15, 0.2) is 11.0 Å². The van der Waals surface area contributed by atoms with Crippen molar-refractivity contribution in [1.29, 1.82) is 0 Å². The van der Waals surface area contributed by atoms with Crippen molar-refractivity contribution in [2.24, 2.45) is 0 Å². The molecule has 0 radical (unpaired) electrons. The molecule has 2 heterocycles. The molecule has 0 fully saturated rings. The molecular formula is C16H19N5O2S. The summed E-state index contributed by atoms with van der Waals surface area (Å²) < 4.78 is 12.4. The van der Waals surface area contributed by atoms with Gasteiger partial charge in [0.25, 0.3) is 0 Å². The summed E-state index contributed by atoms with van der Waals surface area (Å²) in [6.45, 7) is 6.35. The SMILES string of the molecule is COCc1noc(C(C)Sc2nnc(C)n2-c2ccccc2C)n1. The van der Waals surface area contributed by atoms with Gasteiger partial charge in [0.05, 0.1) is 10.9 Å². The Morgan fingerprint density at radius 3 is 2.79 bits per heavy atom. The lowest BCUT2D eigenvalue weighted by molar-refractivity contribution is 0.174. The van der Waals surface area contributed by atoms with Crippen LogP contribution in [0.3, 0.4) is 0 Å². The molecule has 8 heteroatoms. The largest absolute Gasteiger partial charge is 0.377 e. The molecule has 3 rings (SSSR count). The first-order valence-electron chi connectivity index (χ1n) is 7.56. The van der Waals surface area contributed by atoms with E-state index in [9.17, 15) is 0 Å². The zero-order valence-electron chi connectivity index (χ0n) is 14.1. The molecule has 1 unspecified atom stereocenters. The second-order valence-corrected chi connectivity index (χ2v) is 6.70. The Labute approximate surface area is 144 Å². The quantitative estimate of drug-likeness (QED) is 0.634. The van der Waals surface area contributed by atoms with Gasteiger partial charge in [-0.1, -0.05) is 35.1 Å². The minimum absolute atomic E-state index is 0.0468. The Morgan fingerprint density at radius 1 is 1.25 bits per heavy atom. The maximum Gasteiger partial charge on any atom is 0.240 e. The fourth-order valence-electron chi connectivity index (χ4n) is 2.34. The summed E-state index contributed by atoms with van der Waals surface area (Å²) in [7, 11) is 1.60. The van der Waals surface area contributed by atoms with Gasteiger partial charge in [0, 0.05) is 7.11 Å². The Morgan fingerprint density at radius 2 is 2.04 bits per heavy atom. The summed E-state index contributed by atoms with van der Waals surface area (Å²) >= 11 is 1.53. The second kappa shape index (κ2) is 7.14. The molecule has 0 spiro atoms. The standard InChI is InChI=1S/C16H19N5O2S/c1-10-7-5-6-8-13(10)21-12(3)18-19-16(21)24-11(2)15-17-14(9-22-4)20-23-15/h5-8,11H,9H2,1-4H3. The number of aryl methyl sites for hydroxylation is 2. The van der Waals surface area contributed by atoms with E-state index in [1.54, 1.807) is 7.11 Å². The Hall–Kier alpha value is -2.19. The van der Waals surface area contributed by atoms with E-state index in [4.69, 9.17) is 9.26 Å². The van der Waals surface area contributed by atoms with Crippen LogP contribution in [-0.4, -0.2) is 32.0 Å². The van der Waals surface area contributed by atoms with E-state index in [0.29, 0.717) is 18.3 Å². The lowest BCUT2D eigenvalue weighted by Gasteiger charge is -2.12. The lowest BCUT2D eigenvalue weighted by atomic mass is 10.2. The molecule has 24 heavy (non-hydrogen) atoms. The van der Waals surface area contributed by atoms with Crippen LogP contribution in [0, 0.1) is 13.8 Å². The number of nitrogens with zero attached hydrogens (tertiary/aromatic N) is 5. The molecular weight excluding hydrogens is 326 g/mol. The van der Waals surface area contributed by atoms with Crippen LogP contribution in [0.15, 0.2) is 33.9 Å². The Bertz CT molecular complexity index is 829. The monoisotopic (exact) mass is 345 g/mol. The Balaban J connectivity index is 1.87. The van der Waals surface area contributed by atoms with Crippen LogP contribution in [0.1, 0.15) is 35.3 Å². The smallest absolute Gasteiger partial charge is 0.240 e. The number of thioether (sulfide) groups is 1. The van der Waals surface area contributed by atoms with E-state index in [1.165, 1.54) is 11.8 Å². The van der Waals surface area contributed by atoms with Crippen molar-refractivity contribution in [1.82, 2.24) is 24.9 Å². The van der Waals surface area contributed by atoms with Crippen LogP contribution in [-0.2, 0) is 11.3 Å². The summed E-state index contributed by atoms with van der Waals surface area (Å²) in [4.78, 5) is 4.34. The molecule has 0 N–H and O–H groups in total. The topological polar surface area (TPSA) is 78.9 Å². The maximum atomic E-state index is 5.31. The number of benzene rings is 1. The summed E-state index contributed by atoms with van der Waals surface area (Å²) in [6, 6.07) is 8.16. The fraction of sp³-hybridized carbons (Fsp3) is 0.375. The Kier molecular flexibility index (Phi) is 4.96. The van der Waals surface area contributed by atoms with Gasteiger partial charge < -0.3 is 9.26 Å². The van der Waals surface area contributed by atoms with Crippen molar-refractivity contribution in [3.05, 3.63) is 47.4 Å². The zero-order valence-corrected chi connectivity index (χ0v) is 14.9. The summed E-state index contributed by atoms with van der Waals surface area (Å²) in [6.07, 6.45) is 0. The zero-order chi connectivity index (χ0) is 17.1. The van der Waals surface area contributed by atoms with Gasteiger partial charge >= 0.3 is 0 Å². The molecule has 0 aliphatic heterocycles. The number of methoxy groups -OCH3 is 1. The van der Waals surface area contributed by atoms with Crippen LogP contribution < -0.4 is 0 Å². The number of ether oxygens (including phenoxy) is 1. The van der Waals surface area contributed by atoms with Crippen molar-refractivity contribution in [2.45, 2.75) is 37.8 Å². The van der Waals surface area contributed by atoms with Crippen molar-refractivity contribution < 1.29 is 9.26 Å². The van der Waals surface area contributed by atoms with Gasteiger partial charge in [-0.05, 0) is 32.4 Å². The van der Waals surface area contributed by atoms with Gasteiger partial charge in [-0.15, -0.1) is 10.2 Å². The van der Waals surface area contributed by atoms with Crippen molar-refractivity contribution >= 4 is 11.8 Å². The predicted molar refractivity (Wildman–Crippen MR) is 90.1 cm³/mol. The number of hydrogen-bond donors (Lipinski definition) is 0. The minimum atomic E-state index is -0.0468. The molecule has 126 valence electrons. The highest BCUT2D eigenvalue weighted by atomic mass is 32.2. The number of hydrogen-bond acceptors (Lipinski definition) is 7. The average Bonchev–Trinajstić information content (AvgIpc) is 3.16. The van der Waals surface area contributed by atoms with Gasteiger partial charge in [-0.3, -0.25) is 4.57 Å². The van der Waals surface area contributed by atoms with E-state index in [1.807, 2.05) is 30.5 Å². The van der Waals surface area contributed by atoms with Crippen LogP contribution in [0.5, 0.6) is 0 Å². The molecule has 2 aromatic heterocycles. The lowest BCUT2D eigenvalue weighted by Crippen LogP contribution is -2.02. The average molecular weight is 345 g/mol. The molecule has 0 aliphatic carbocycles. The number of para-hydroxylation sites is 1. The first-order chi connectivity index (χ1) is 11.6. The van der Waals surface area contributed by atoms with Gasteiger partial charge in [-0.25, -0.2) is 0 Å². The van der Waals surface area contributed by atoms with Gasteiger partial charge in [-0.2, -0.15) is 4.98 Å². The third kappa shape index (κ3) is 3.34. The van der Waals surface area contributed by atoms with Crippen molar-refractivity contribution in [3.63, 3.8) is 0 Å². The molecule has 0 saturated carbocycles. The van der Waals surface area contributed by atoms with E-state index in [0.717, 1.165) is 22.2 Å². The molecule has 1 aromatic carbocycles. The highest BCUT2D eigenvalue weighted by Crippen LogP contribution is 2.34. The first-order valence-corrected chi connectivity index (χ1v) is 8.44. The van der Waals surface area contributed by atoms with E-state index >= 15 is 0 Å². The summed E-state index contributed by atoms with van der Waals surface area (Å²) in [5, 5.41) is 13.2. The molecule has 1 atom stereocenters. The summed E-state index contributed by atoms with van der Waals surface area (Å²) in [5.74, 6) is 1.92. The molecule has 7 nitrogen and oxygen atoms in total. The van der Waals surface area contributed by atoms with E-state index in [-0.39, 0.29) is 5.25 Å². The van der Waals surface area contributed by atoms with E-state index in [2.05, 4.69) is 39.4 Å². The number of aromatic nitrogens is 5. The van der Waals surface area contributed by atoms with Gasteiger partial charge in [0.2, 0.25) is 5.89 Å². The third-order valence-corrected chi connectivity index (χ3v) is 4.57. The minimum Gasteiger partial charge on any atom is -0.377 e. The fourth-order valence-corrected chi connectivity index (χ4v) is 3.28. The predicted octanol–water partition coefficient (Wildman–Crippen LogP) is 3.27. The highest BCUT2D eigenvalue weighted by molar-refractivity contribution is 7.99. The maximum absolute atomic E-state index is 5.31.